The summed E-state index contributed by atoms with van der Waals surface area (Å²) >= 11 is 0. The van der Waals surface area contributed by atoms with Gasteiger partial charge in [0.15, 0.2) is 6.04 Å². The van der Waals surface area contributed by atoms with Gasteiger partial charge < -0.3 is 19.5 Å². The Labute approximate surface area is 165 Å². The Kier molecular flexibility index (Phi) is 5.37. The van der Waals surface area contributed by atoms with Gasteiger partial charge in [-0.2, -0.15) is 0 Å². The Hall–Kier alpha value is -2.76. The van der Waals surface area contributed by atoms with Gasteiger partial charge in [-0.15, -0.1) is 0 Å². The zero-order chi connectivity index (χ0) is 19.5. The van der Waals surface area contributed by atoms with Gasteiger partial charge in [0.2, 0.25) is 11.8 Å². The van der Waals surface area contributed by atoms with E-state index in [0.29, 0.717) is 6.54 Å². The zero-order valence-electron chi connectivity index (χ0n) is 16.3. The highest BCUT2D eigenvalue weighted by atomic mass is 16.5. The number of hydrogen-bond donors (Lipinski definition) is 1. The first-order valence-electron chi connectivity index (χ1n) is 10.0. The van der Waals surface area contributed by atoms with Crippen LogP contribution in [0.5, 0.6) is 5.75 Å². The van der Waals surface area contributed by atoms with Gasteiger partial charge in [0, 0.05) is 17.8 Å². The van der Waals surface area contributed by atoms with Crippen LogP contribution >= 0.6 is 0 Å². The number of para-hydroxylation sites is 1. The standard InChI is InChI=1S/C22H27N3O3/c1-28-19-12-6-5-8-16(19)14-25-20(26)15-24-13-7-11-18(24)21(25)22(27)23-17-9-3-2-4-10-17/h5-8,11-13,17,21H,2-4,9-10,14-15H2,1H3,(H,23,27)/t21-/m1/s1. The summed E-state index contributed by atoms with van der Waals surface area (Å²) in [6.07, 6.45) is 7.43. The number of nitrogens with zero attached hydrogens (tertiary/aromatic N) is 2. The molecule has 1 aliphatic heterocycles. The quantitative estimate of drug-likeness (QED) is 0.866. The van der Waals surface area contributed by atoms with E-state index in [1.54, 1.807) is 12.0 Å². The summed E-state index contributed by atoms with van der Waals surface area (Å²) in [5.41, 5.74) is 1.76. The molecule has 6 nitrogen and oxygen atoms in total. The SMILES string of the molecule is COc1ccccc1CN1C(=O)Cn2cccc2[C@@H]1C(=O)NC1CCCCC1. The second-order valence-electron chi connectivity index (χ2n) is 7.64. The summed E-state index contributed by atoms with van der Waals surface area (Å²) < 4.78 is 7.33. The fraction of sp³-hybridized carbons (Fsp3) is 0.455. The van der Waals surface area contributed by atoms with Crippen LogP contribution in [0.15, 0.2) is 42.6 Å². The molecule has 2 heterocycles. The van der Waals surface area contributed by atoms with E-state index in [4.69, 9.17) is 4.74 Å². The van der Waals surface area contributed by atoms with Gasteiger partial charge in [0.25, 0.3) is 0 Å². The number of amides is 2. The largest absolute Gasteiger partial charge is 0.496 e. The molecule has 1 atom stereocenters. The number of carbonyl (C=O) groups excluding carboxylic acids is 2. The van der Waals surface area contributed by atoms with E-state index in [-0.39, 0.29) is 24.4 Å². The molecule has 1 fully saturated rings. The molecule has 1 N–H and O–H groups in total. The van der Waals surface area contributed by atoms with Crippen molar-refractivity contribution in [3.05, 3.63) is 53.9 Å². The summed E-state index contributed by atoms with van der Waals surface area (Å²) in [5, 5.41) is 3.21. The van der Waals surface area contributed by atoms with Crippen LogP contribution in [0.2, 0.25) is 0 Å². The van der Waals surface area contributed by atoms with Gasteiger partial charge in [-0.1, -0.05) is 37.5 Å². The van der Waals surface area contributed by atoms with Crippen LogP contribution in [0, 0.1) is 0 Å². The highest BCUT2D eigenvalue weighted by molar-refractivity contribution is 5.90. The number of fused-ring (bicyclic) bond motifs is 1. The number of carbonyl (C=O) groups is 2. The normalized spacial score (nSPS) is 20.0. The molecular weight excluding hydrogens is 354 g/mol. The predicted molar refractivity (Wildman–Crippen MR) is 106 cm³/mol. The third-order valence-corrected chi connectivity index (χ3v) is 5.82. The van der Waals surface area contributed by atoms with Crippen molar-refractivity contribution in [3.63, 3.8) is 0 Å². The molecule has 0 saturated heterocycles. The molecule has 2 amide bonds. The van der Waals surface area contributed by atoms with Crippen molar-refractivity contribution in [2.24, 2.45) is 0 Å². The first-order valence-corrected chi connectivity index (χ1v) is 10.0. The third kappa shape index (κ3) is 3.63. The minimum absolute atomic E-state index is 0.0570. The molecule has 2 aromatic rings. The number of ether oxygens (including phenoxy) is 1. The number of nitrogens with one attached hydrogen (secondary N) is 1. The van der Waals surface area contributed by atoms with E-state index in [9.17, 15) is 9.59 Å². The summed E-state index contributed by atoms with van der Waals surface area (Å²) in [6.45, 7) is 0.599. The maximum absolute atomic E-state index is 13.3. The molecule has 0 spiro atoms. The summed E-state index contributed by atoms with van der Waals surface area (Å²) in [6, 6.07) is 11.1. The molecule has 1 saturated carbocycles. The van der Waals surface area contributed by atoms with Crippen molar-refractivity contribution in [3.8, 4) is 5.75 Å². The summed E-state index contributed by atoms with van der Waals surface area (Å²) in [7, 11) is 1.62. The zero-order valence-corrected chi connectivity index (χ0v) is 16.3. The lowest BCUT2D eigenvalue weighted by Gasteiger charge is -2.37. The molecule has 1 aromatic carbocycles. The Balaban J connectivity index is 1.62. The Morgan fingerprint density at radius 3 is 2.71 bits per heavy atom. The van der Waals surface area contributed by atoms with E-state index < -0.39 is 6.04 Å². The topological polar surface area (TPSA) is 63.6 Å². The first kappa shape index (κ1) is 18.6. The van der Waals surface area contributed by atoms with Crippen LogP contribution in [0.1, 0.15) is 49.4 Å². The lowest BCUT2D eigenvalue weighted by molar-refractivity contribution is -0.144. The van der Waals surface area contributed by atoms with Gasteiger partial charge in [0.1, 0.15) is 12.3 Å². The minimum Gasteiger partial charge on any atom is -0.496 e. The van der Waals surface area contributed by atoms with E-state index in [1.165, 1.54) is 6.42 Å². The van der Waals surface area contributed by atoms with Crippen LogP contribution in [0.25, 0.3) is 0 Å². The Bertz CT molecular complexity index is 854. The summed E-state index contributed by atoms with van der Waals surface area (Å²) in [4.78, 5) is 27.9. The van der Waals surface area contributed by atoms with Crippen LogP contribution in [-0.4, -0.2) is 34.4 Å². The highest BCUT2D eigenvalue weighted by Gasteiger charge is 2.38. The number of rotatable bonds is 5. The smallest absolute Gasteiger partial charge is 0.249 e. The van der Waals surface area contributed by atoms with Crippen molar-refractivity contribution >= 4 is 11.8 Å². The molecular formula is C22H27N3O3. The van der Waals surface area contributed by atoms with Crippen molar-refractivity contribution in [2.45, 2.75) is 57.3 Å². The van der Waals surface area contributed by atoms with Crippen LogP contribution in [-0.2, 0) is 22.7 Å². The third-order valence-electron chi connectivity index (χ3n) is 5.82. The van der Waals surface area contributed by atoms with Crippen LogP contribution in [0.3, 0.4) is 0 Å². The van der Waals surface area contributed by atoms with Crippen molar-refractivity contribution in [2.75, 3.05) is 7.11 Å². The lowest BCUT2D eigenvalue weighted by atomic mass is 9.95. The van der Waals surface area contributed by atoms with E-state index in [2.05, 4.69) is 5.32 Å². The minimum atomic E-state index is -0.622. The Morgan fingerprint density at radius 1 is 1.14 bits per heavy atom. The molecule has 0 bridgehead atoms. The van der Waals surface area contributed by atoms with E-state index >= 15 is 0 Å². The fourth-order valence-corrected chi connectivity index (χ4v) is 4.36. The van der Waals surface area contributed by atoms with E-state index in [1.807, 2.05) is 47.2 Å². The maximum atomic E-state index is 13.3. The van der Waals surface area contributed by atoms with Gasteiger partial charge >= 0.3 is 0 Å². The molecule has 0 radical (unpaired) electrons. The van der Waals surface area contributed by atoms with Gasteiger partial charge in [-0.05, 0) is 31.0 Å². The number of hydrogen-bond acceptors (Lipinski definition) is 3. The molecule has 0 unspecified atom stereocenters. The second-order valence-corrected chi connectivity index (χ2v) is 7.64. The average molecular weight is 381 g/mol. The van der Waals surface area contributed by atoms with Crippen molar-refractivity contribution < 1.29 is 14.3 Å². The number of aromatic nitrogens is 1. The second kappa shape index (κ2) is 8.09. The lowest BCUT2D eigenvalue weighted by Crippen LogP contribution is -2.50. The number of benzene rings is 1. The van der Waals surface area contributed by atoms with Crippen LogP contribution < -0.4 is 10.1 Å². The molecule has 1 aromatic heterocycles. The maximum Gasteiger partial charge on any atom is 0.249 e. The molecule has 1 aliphatic carbocycles. The molecule has 4 rings (SSSR count). The monoisotopic (exact) mass is 381 g/mol. The average Bonchev–Trinajstić information content (AvgIpc) is 3.17. The van der Waals surface area contributed by atoms with Crippen LogP contribution in [0.4, 0.5) is 0 Å². The predicted octanol–water partition coefficient (Wildman–Crippen LogP) is 3.03. The molecule has 2 aliphatic rings. The van der Waals surface area contributed by atoms with Gasteiger partial charge in [-0.25, -0.2) is 0 Å². The van der Waals surface area contributed by atoms with Gasteiger partial charge in [-0.3, -0.25) is 9.59 Å². The molecule has 28 heavy (non-hydrogen) atoms. The van der Waals surface area contributed by atoms with Crippen molar-refractivity contribution in [1.82, 2.24) is 14.8 Å². The van der Waals surface area contributed by atoms with Crippen molar-refractivity contribution in [1.29, 1.82) is 0 Å². The Morgan fingerprint density at radius 2 is 1.93 bits per heavy atom. The summed E-state index contributed by atoms with van der Waals surface area (Å²) in [5.74, 6) is 0.580. The van der Waals surface area contributed by atoms with E-state index in [0.717, 1.165) is 42.7 Å². The molecule has 6 heteroatoms. The first-order chi connectivity index (χ1) is 13.7. The van der Waals surface area contributed by atoms with Gasteiger partial charge in [0.05, 0.1) is 19.3 Å². The molecule has 148 valence electrons. The fourth-order valence-electron chi connectivity index (χ4n) is 4.36. The highest BCUT2D eigenvalue weighted by Crippen LogP contribution is 2.31. The number of methoxy groups -OCH3 is 1.